The Morgan fingerprint density at radius 2 is 2.00 bits per heavy atom. The summed E-state index contributed by atoms with van der Waals surface area (Å²) in [5, 5.41) is 8.87. The van der Waals surface area contributed by atoms with E-state index in [4.69, 9.17) is 18.7 Å². The second-order valence-electron chi connectivity index (χ2n) is 4.97. The monoisotopic (exact) mass is 344 g/mol. The van der Waals surface area contributed by atoms with Gasteiger partial charge in [-0.2, -0.15) is 0 Å². The van der Waals surface area contributed by atoms with Crippen molar-refractivity contribution in [2.24, 2.45) is 0 Å². The number of ether oxygens (including phenoxy) is 2. The first-order chi connectivity index (χ1) is 12.0. The molecule has 1 aromatic carbocycles. The van der Waals surface area contributed by atoms with Crippen LogP contribution >= 0.6 is 0 Å². The molecule has 8 heteroatoms. The van der Waals surface area contributed by atoms with Crippen molar-refractivity contribution in [3.8, 4) is 17.1 Å². The Hall–Kier alpha value is -3.55. The Balaban J connectivity index is 1.98. The minimum absolute atomic E-state index is 0.0329. The minimum Gasteiger partial charge on any atom is -0.482 e. The number of carbonyl (C=O) groups is 2. The SMILES string of the molecule is COC(=O)c1ccc(-c2coc3cc(OCC(=O)O)ccc3c2=O)o1. The molecular weight excluding hydrogens is 332 g/mol. The fourth-order valence-electron chi connectivity index (χ4n) is 2.21. The average Bonchev–Trinajstić information content (AvgIpc) is 3.09. The molecule has 3 rings (SSSR count). The molecule has 8 nitrogen and oxygen atoms in total. The molecule has 0 bridgehead atoms. The second-order valence-corrected chi connectivity index (χ2v) is 4.97. The van der Waals surface area contributed by atoms with E-state index in [0.717, 1.165) is 0 Å². The van der Waals surface area contributed by atoms with Gasteiger partial charge in [-0.15, -0.1) is 0 Å². The highest BCUT2D eigenvalue weighted by molar-refractivity contribution is 5.87. The van der Waals surface area contributed by atoms with Gasteiger partial charge in [0.25, 0.3) is 0 Å². The van der Waals surface area contributed by atoms with Crippen molar-refractivity contribution >= 4 is 22.9 Å². The summed E-state index contributed by atoms with van der Waals surface area (Å²) in [6, 6.07) is 7.22. The number of benzene rings is 1. The van der Waals surface area contributed by atoms with E-state index in [-0.39, 0.29) is 39.2 Å². The maximum atomic E-state index is 12.6. The number of carboxylic acid groups (broad SMARTS) is 1. The zero-order valence-electron chi connectivity index (χ0n) is 13.0. The Morgan fingerprint density at radius 3 is 2.72 bits per heavy atom. The molecule has 0 saturated carbocycles. The van der Waals surface area contributed by atoms with E-state index >= 15 is 0 Å². The lowest BCUT2D eigenvalue weighted by atomic mass is 10.1. The molecule has 0 saturated heterocycles. The number of carbonyl (C=O) groups excluding carboxylic acids is 1. The standard InChI is InChI=1S/C17H12O8/c1-22-17(21)13-5-4-12(25-13)11-7-24-14-6-9(23-8-15(18)19)2-3-10(14)16(11)20/h2-7H,8H2,1H3,(H,18,19). The van der Waals surface area contributed by atoms with E-state index in [1.165, 1.54) is 43.7 Å². The number of methoxy groups -OCH3 is 1. The third kappa shape index (κ3) is 3.23. The van der Waals surface area contributed by atoms with Crippen LogP contribution in [-0.2, 0) is 9.53 Å². The van der Waals surface area contributed by atoms with E-state index in [9.17, 15) is 14.4 Å². The van der Waals surface area contributed by atoms with Crippen molar-refractivity contribution in [3.05, 3.63) is 52.6 Å². The summed E-state index contributed by atoms with van der Waals surface area (Å²) >= 11 is 0. The third-order valence-electron chi connectivity index (χ3n) is 3.37. The largest absolute Gasteiger partial charge is 0.482 e. The first kappa shape index (κ1) is 16.3. The molecule has 1 N–H and O–H groups in total. The Bertz CT molecular complexity index is 1010. The summed E-state index contributed by atoms with van der Waals surface area (Å²) in [6.45, 7) is -0.503. The van der Waals surface area contributed by atoms with Gasteiger partial charge in [-0.25, -0.2) is 9.59 Å². The molecule has 2 heterocycles. The van der Waals surface area contributed by atoms with Crippen LogP contribution in [-0.4, -0.2) is 30.8 Å². The molecule has 128 valence electrons. The number of rotatable bonds is 5. The van der Waals surface area contributed by atoms with E-state index in [0.29, 0.717) is 0 Å². The predicted molar refractivity (Wildman–Crippen MR) is 84.7 cm³/mol. The van der Waals surface area contributed by atoms with Crippen LogP contribution in [0.5, 0.6) is 5.75 Å². The topological polar surface area (TPSA) is 116 Å². The Morgan fingerprint density at radius 1 is 1.20 bits per heavy atom. The van der Waals surface area contributed by atoms with E-state index in [1.54, 1.807) is 0 Å². The number of hydrogen-bond donors (Lipinski definition) is 1. The van der Waals surface area contributed by atoms with Crippen molar-refractivity contribution < 1.29 is 33.0 Å². The number of furan rings is 1. The quantitative estimate of drug-likeness (QED) is 0.701. The first-order valence-corrected chi connectivity index (χ1v) is 7.08. The maximum absolute atomic E-state index is 12.6. The molecule has 25 heavy (non-hydrogen) atoms. The lowest BCUT2D eigenvalue weighted by molar-refractivity contribution is -0.139. The average molecular weight is 344 g/mol. The van der Waals surface area contributed by atoms with Crippen LogP contribution in [0.25, 0.3) is 22.3 Å². The van der Waals surface area contributed by atoms with Crippen molar-refractivity contribution in [3.63, 3.8) is 0 Å². The van der Waals surface area contributed by atoms with Gasteiger partial charge in [0.1, 0.15) is 28.9 Å². The summed E-state index contributed by atoms with van der Waals surface area (Å²) in [6.07, 6.45) is 1.20. The highest BCUT2D eigenvalue weighted by atomic mass is 16.5. The number of aliphatic carboxylic acids is 1. The van der Waals surface area contributed by atoms with Gasteiger partial charge < -0.3 is 23.4 Å². The molecule has 0 amide bonds. The van der Waals surface area contributed by atoms with Gasteiger partial charge in [0.2, 0.25) is 11.2 Å². The number of esters is 1. The smallest absolute Gasteiger partial charge is 0.373 e. The fourth-order valence-corrected chi connectivity index (χ4v) is 2.21. The zero-order valence-corrected chi connectivity index (χ0v) is 13.0. The molecule has 2 aromatic heterocycles. The Labute approximate surface area is 140 Å². The van der Waals surface area contributed by atoms with E-state index in [1.807, 2.05) is 0 Å². The van der Waals surface area contributed by atoms with Gasteiger partial charge in [0.05, 0.1) is 12.5 Å². The van der Waals surface area contributed by atoms with Crippen molar-refractivity contribution in [1.29, 1.82) is 0 Å². The van der Waals surface area contributed by atoms with Gasteiger partial charge in [0, 0.05) is 6.07 Å². The lowest BCUT2D eigenvalue weighted by Gasteiger charge is -2.05. The first-order valence-electron chi connectivity index (χ1n) is 7.08. The molecule has 0 aliphatic carbocycles. The second kappa shape index (κ2) is 6.52. The zero-order chi connectivity index (χ0) is 18.0. The summed E-state index contributed by atoms with van der Waals surface area (Å²) in [5.74, 6) is -1.37. The molecular formula is C17H12O8. The van der Waals surface area contributed by atoms with E-state index < -0.39 is 18.5 Å². The van der Waals surface area contributed by atoms with Gasteiger partial charge in [-0.05, 0) is 24.3 Å². The summed E-state index contributed by atoms with van der Waals surface area (Å²) in [4.78, 5) is 34.5. The van der Waals surface area contributed by atoms with Crippen LogP contribution in [0, 0.1) is 0 Å². The van der Waals surface area contributed by atoms with E-state index in [2.05, 4.69) is 4.74 Å². The fraction of sp³-hybridized carbons (Fsp3) is 0.118. The number of hydrogen-bond acceptors (Lipinski definition) is 7. The molecule has 0 fully saturated rings. The van der Waals surface area contributed by atoms with Crippen LogP contribution < -0.4 is 10.2 Å². The van der Waals surface area contributed by atoms with Crippen LogP contribution in [0.4, 0.5) is 0 Å². The maximum Gasteiger partial charge on any atom is 0.373 e. The highest BCUT2D eigenvalue weighted by Crippen LogP contribution is 2.24. The minimum atomic E-state index is -1.11. The summed E-state index contributed by atoms with van der Waals surface area (Å²) in [5.41, 5.74) is 0.00930. The number of fused-ring (bicyclic) bond motifs is 1. The normalized spacial score (nSPS) is 10.6. The van der Waals surface area contributed by atoms with Crippen molar-refractivity contribution in [2.75, 3.05) is 13.7 Å². The highest BCUT2D eigenvalue weighted by Gasteiger charge is 2.16. The number of carboxylic acids is 1. The van der Waals surface area contributed by atoms with Gasteiger partial charge >= 0.3 is 11.9 Å². The third-order valence-corrected chi connectivity index (χ3v) is 3.37. The molecule has 0 unspecified atom stereocenters. The van der Waals surface area contributed by atoms with Gasteiger partial charge in [-0.3, -0.25) is 4.79 Å². The molecule has 0 atom stereocenters. The molecule has 3 aromatic rings. The van der Waals surface area contributed by atoms with Crippen LogP contribution in [0.2, 0.25) is 0 Å². The molecule has 0 aliphatic heterocycles. The lowest BCUT2D eigenvalue weighted by Crippen LogP contribution is -2.09. The molecule has 0 radical (unpaired) electrons. The van der Waals surface area contributed by atoms with Gasteiger partial charge in [0.15, 0.2) is 6.61 Å². The van der Waals surface area contributed by atoms with Gasteiger partial charge in [-0.1, -0.05) is 0 Å². The van der Waals surface area contributed by atoms with Crippen LogP contribution in [0.15, 0.2) is 50.2 Å². The summed E-state index contributed by atoms with van der Waals surface area (Å²) < 4.78 is 20.3. The van der Waals surface area contributed by atoms with Crippen molar-refractivity contribution in [1.82, 2.24) is 0 Å². The van der Waals surface area contributed by atoms with Crippen LogP contribution in [0.1, 0.15) is 10.6 Å². The molecule has 0 aliphatic rings. The van der Waals surface area contributed by atoms with Crippen molar-refractivity contribution in [2.45, 2.75) is 0 Å². The Kier molecular flexibility index (Phi) is 4.25. The summed E-state index contributed by atoms with van der Waals surface area (Å²) in [7, 11) is 1.22. The van der Waals surface area contributed by atoms with Crippen LogP contribution in [0.3, 0.4) is 0 Å². The predicted octanol–water partition coefficient (Wildman–Crippen LogP) is 2.30. The molecule has 0 spiro atoms.